The van der Waals surface area contributed by atoms with E-state index in [0.717, 1.165) is 11.1 Å². The Hall–Kier alpha value is -3.51. The van der Waals surface area contributed by atoms with Gasteiger partial charge in [0, 0.05) is 16.0 Å². The van der Waals surface area contributed by atoms with Crippen LogP contribution in [0.25, 0.3) is 22.2 Å². The van der Waals surface area contributed by atoms with Crippen LogP contribution in [0.2, 0.25) is 5.02 Å². The fourth-order valence-corrected chi connectivity index (χ4v) is 3.66. The number of halogens is 2. The first-order valence-corrected chi connectivity index (χ1v) is 10.1. The summed E-state index contributed by atoms with van der Waals surface area (Å²) < 4.78 is 14.5. The van der Waals surface area contributed by atoms with E-state index in [1.807, 2.05) is 30.3 Å². The Balaban J connectivity index is 1.68. The van der Waals surface area contributed by atoms with Gasteiger partial charge in [0.15, 0.2) is 0 Å². The smallest absolute Gasteiger partial charge is 0.348 e. The molecule has 31 heavy (non-hydrogen) atoms. The van der Waals surface area contributed by atoms with Gasteiger partial charge in [0.25, 0.3) is 0 Å². The van der Waals surface area contributed by atoms with Crippen LogP contribution in [-0.4, -0.2) is 15.5 Å². The van der Waals surface area contributed by atoms with Gasteiger partial charge in [0.05, 0.1) is 17.3 Å². The minimum absolute atomic E-state index is 0.204. The number of carbonyl (C=O) groups excluding carboxylic acids is 1. The van der Waals surface area contributed by atoms with Crippen molar-refractivity contribution in [1.29, 1.82) is 0 Å². The highest BCUT2D eigenvalue weighted by Crippen LogP contribution is 2.27. The molecule has 0 saturated heterocycles. The van der Waals surface area contributed by atoms with Crippen LogP contribution in [0.3, 0.4) is 0 Å². The Morgan fingerprint density at radius 2 is 1.81 bits per heavy atom. The Morgan fingerprint density at radius 3 is 2.52 bits per heavy atom. The molecule has 4 aromatic rings. The van der Waals surface area contributed by atoms with Crippen LogP contribution < -0.4 is 11.0 Å². The van der Waals surface area contributed by atoms with Crippen molar-refractivity contribution < 1.29 is 9.18 Å². The second-order valence-electron chi connectivity index (χ2n) is 7.20. The van der Waals surface area contributed by atoms with Gasteiger partial charge < -0.3 is 5.32 Å². The van der Waals surface area contributed by atoms with Crippen molar-refractivity contribution in [2.24, 2.45) is 0 Å². The molecule has 0 aliphatic rings. The fraction of sp³-hybridized carbons (Fsp3) is 0.125. The fourth-order valence-electron chi connectivity index (χ4n) is 3.49. The number of rotatable bonds is 5. The van der Waals surface area contributed by atoms with Crippen molar-refractivity contribution in [1.82, 2.24) is 14.9 Å². The molecule has 3 aromatic carbocycles. The van der Waals surface area contributed by atoms with Crippen molar-refractivity contribution in [3.63, 3.8) is 0 Å². The Bertz CT molecular complexity index is 1300. The first-order valence-electron chi connectivity index (χ1n) is 9.73. The standard InChI is InChI=1S/C24H19ClFN3O2/c1-15(16-7-10-19(26)11-8-16)27-22(30)14-29-21-12-9-18(25)13-20(21)23(28-24(29)31)17-5-3-2-4-6-17/h2-13,15H,14H2,1H3,(H,27,30)/t15-/m1/s1. The zero-order chi connectivity index (χ0) is 22.0. The van der Waals surface area contributed by atoms with E-state index in [1.54, 1.807) is 37.3 Å². The van der Waals surface area contributed by atoms with Gasteiger partial charge >= 0.3 is 5.69 Å². The van der Waals surface area contributed by atoms with E-state index in [1.165, 1.54) is 16.7 Å². The van der Waals surface area contributed by atoms with Gasteiger partial charge in [0.2, 0.25) is 5.91 Å². The molecular formula is C24H19ClFN3O2. The summed E-state index contributed by atoms with van der Waals surface area (Å²) in [7, 11) is 0. The zero-order valence-corrected chi connectivity index (χ0v) is 17.4. The van der Waals surface area contributed by atoms with Gasteiger partial charge in [-0.15, -0.1) is 0 Å². The summed E-state index contributed by atoms with van der Waals surface area (Å²) in [6.45, 7) is 1.59. The molecule has 5 nitrogen and oxygen atoms in total. The largest absolute Gasteiger partial charge is 0.349 e. The monoisotopic (exact) mass is 435 g/mol. The van der Waals surface area contributed by atoms with Gasteiger partial charge in [0.1, 0.15) is 12.4 Å². The molecule has 0 aliphatic carbocycles. The maximum absolute atomic E-state index is 13.1. The summed E-state index contributed by atoms with van der Waals surface area (Å²) in [6, 6.07) is 20.0. The molecule has 0 aliphatic heterocycles. The van der Waals surface area contributed by atoms with Gasteiger partial charge in [-0.1, -0.05) is 54.1 Å². The molecule has 4 rings (SSSR count). The lowest BCUT2D eigenvalue weighted by atomic mass is 10.1. The third-order valence-electron chi connectivity index (χ3n) is 5.04. The van der Waals surface area contributed by atoms with Crippen LogP contribution in [0.1, 0.15) is 18.5 Å². The van der Waals surface area contributed by atoms with Crippen LogP contribution in [0.5, 0.6) is 0 Å². The van der Waals surface area contributed by atoms with E-state index in [4.69, 9.17) is 11.6 Å². The number of hydrogen-bond acceptors (Lipinski definition) is 3. The van der Waals surface area contributed by atoms with E-state index in [-0.39, 0.29) is 24.3 Å². The SMILES string of the molecule is C[C@@H](NC(=O)Cn1c(=O)nc(-c2ccccc2)c2cc(Cl)ccc21)c1ccc(F)cc1. The van der Waals surface area contributed by atoms with Crippen LogP contribution in [0, 0.1) is 5.82 Å². The molecule has 0 bridgehead atoms. The van der Waals surface area contributed by atoms with Crippen LogP contribution in [0.4, 0.5) is 4.39 Å². The number of carbonyl (C=O) groups is 1. The predicted octanol–water partition coefficient (Wildman–Crippen LogP) is 4.73. The third-order valence-corrected chi connectivity index (χ3v) is 5.27. The number of hydrogen-bond donors (Lipinski definition) is 1. The average molecular weight is 436 g/mol. The van der Waals surface area contributed by atoms with E-state index in [2.05, 4.69) is 10.3 Å². The minimum atomic E-state index is -0.529. The molecule has 1 amide bonds. The maximum Gasteiger partial charge on any atom is 0.349 e. The quantitative estimate of drug-likeness (QED) is 0.492. The highest BCUT2D eigenvalue weighted by atomic mass is 35.5. The average Bonchev–Trinajstić information content (AvgIpc) is 2.76. The number of benzene rings is 3. The van der Waals surface area contributed by atoms with Gasteiger partial charge in [-0.2, -0.15) is 4.98 Å². The van der Waals surface area contributed by atoms with Crippen molar-refractivity contribution in [2.75, 3.05) is 0 Å². The van der Waals surface area contributed by atoms with E-state index in [9.17, 15) is 14.0 Å². The second-order valence-corrected chi connectivity index (χ2v) is 7.63. The topological polar surface area (TPSA) is 64.0 Å². The normalized spacial score (nSPS) is 12.0. The molecule has 156 valence electrons. The Morgan fingerprint density at radius 1 is 1.10 bits per heavy atom. The molecule has 0 radical (unpaired) electrons. The summed E-state index contributed by atoms with van der Waals surface area (Å²) in [5, 5.41) is 4.02. The Labute approximate surface area is 183 Å². The maximum atomic E-state index is 13.1. The number of nitrogens with zero attached hydrogens (tertiary/aromatic N) is 2. The first kappa shape index (κ1) is 20.8. The number of aromatic nitrogens is 2. The predicted molar refractivity (Wildman–Crippen MR) is 119 cm³/mol. The lowest BCUT2D eigenvalue weighted by Gasteiger charge is -2.16. The molecule has 0 unspecified atom stereocenters. The molecule has 0 saturated carbocycles. The van der Waals surface area contributed by atoms with Gasteiger partial charge in [-0.3, -0.25) is 9.36 Å². The molecular weight excluding hydrogens is 417 g/mol. The number of fused-ring (bicyclic) bond motifs is 1. The van der Waals surface area contributed by atoms with Crippen molar-refractivity contribution in [3.8, 4) is 11.3 Å². The Kier molecular flexibility index (Phi) is 5.82. The highest BCUT2D eigenvalue weighted by molar-refractivity contribution is 6.31. The first-order chi connectivity index (χ1) is 14.9. The number of nitrogens with one attached hydrogen (secondary N) is 1. The van der Waals surface area contributed by atoms with E-state index in [0.29, 0.717) is 21.6 Å². The third kappa shape index (κ3) is 4.49. The van der Waals surface area contributed by atoms with Crippen LogP contribution in [-0.2, 0) is 11.3 Å². The molecule has 0 spiro atoms. The minimum Gasteiger partial charge on any atom is -0.348 e. The molecule has 0 fully saturated rings. The number of amides is 1. The van der Waals surface area contributed by atoms with Crippen LogP contribution >= 0.6 is 11.6 Å². The summed E-state index contributed by atoms with van der Waals surface area (Å²) in [4.78, 5) is 29.8. The summed E-state index contributed by atoms with van der Waals surface area (Å²) in [5.74, 6) is -0.701. The summed E-state index contributed by atoms with van der Waals surface area (Å²) in [5.41, 5.74) is 2.09. The molecule has 7 heteroatoms. The lowest BCUT2D eigenvalue weighted by Crippen LogP contribution is -2.35. The molecule has 1 heterocycles. The zero-order valence-electron chi connectivity index (χ0n) is 16.7. The lowest BCUT2D eigenvalue weighted by molar-refractivity contribution is -0.122. The second kappa shape index (κ2) is 8.70. The van der Waals surface area contributed by atoms with Crippen LogP contribution in [0.15, 0.2) is 77.6 Å². The van der Waals surface area contributed by atoms with E-state index >= 15 is 0 Å². The molecule has 1 aromatic heterocycles. The highest BCUT2D eigenvalue weighted by Gasteiger charge is 2.16. The van der Waals surface area contributed by atoms with Crippen molar-refractivity contribution >= 4 is 28.4 Å². The van der Waals surface area contributed by atoms with Gasteiger partial charge in [-0.05, 0) is 42.8 Å². The van der Waals surface area contributed by atoms with E-state index < -0.39 is 5.69 Å². The van der Waals surface area contributed by atoms with Gasteiger partial charge in [-0.25, -0.2) is 9.18 Å². The molecule has 1 atom stereocenters. The summed E-state index contributed by atoms with van der Waals surface area (Å²) >= 11 is 6.20. The summed E-state index contributed by atoms with van der Waals surface area (Å²) in [6.07, 6.45) is 0. The van der Waals surface area contributed by atoms with Crippen molar-refractivity contribution in [2.45, 2.75) is 19.5 Å². The molecule has 1 N–H and O–H groups in total. The van der Waals surface area contributed by atoms with Crippen molar-refractivity contribution in [3.05, 3.63) is 99.7 Å².